The van der Waals surface area contributed by atoms with Gasteiger partial charge in [-0.05, 0) is 72.5 Å². The normalized spacial score (nSPS) is 16.1. The number of ether oxygens (including phenoxy) is 2. The average Bonchev–Trinajstić information content (AvgIpc) is 3.48. The van der Waals surface area contributed by atoms with Crippen LogP contribution in [0.1, 0.15) is 41.1 Å². The first-order valence-electron chi connectivity index (χ1n) is 14.2. The molecule has 0 aliphatic carbocycles. The summed E-state index contributed by atoms with van der Waals surface area (Å²) >= 11 is 0. The monoisotopic (exact) mass is 589 g/mol. The van der Waals surface area contributed by atoms with E-state index >= 15 is 0 Å². The summed E-state index contributed by atoms with van der Waals surface area (Å²) in [7, 11) is 0. The summed E-state index contributed by atoms with van der Waals surface area (Å²) in [5.41, 5.74) is 3.35. The number of carbonyl (C=O) groups is 1. The Kier molecular flexibility index (Phi) is 9.76. The van der Waals surface area contributed by atoms with Crippen molar-refractivity contribution in [1.82, 2.24) is 4.90 Å². The zero-order valence-corrected chi connectivity index (χ0v) is 23.8. The Morgan fingerprint density at radius 2 is 1.58 bits per heavy atom. The fourth-order valence-corrected chi connectivity index (χ4v) is 5.20. The molecular weight excluding hydrogens is 555 g/mol. The number of hydrogen-bond acceptors (Lipinski definition) is 5. The number of hydrogen-bond donors (Lipinski definition) is 2. The predicted octanol–water partition coefficient (Wildman–Crippen LogP) is 7.82. The summed E-state index contributed by atoms with van der Waals surface area (Å²) in [5, 5.41) is 6.49. The van der Waals surface area contributed by atoms with Crippen molar-refractivity contribution in [3.8, 4) is 11.1 Å². The van der Waals surface area contributed by atoms with Gasteiger partial charge in [-0.25, -0.2) is 0 Å². The van der Waals surface area contributed by atoms with E-state index in [0.29, 0.717) is 29.0 Å². The molecule has 5 rings (SSSR count). The van der Waals surface area contributed by atoms with E-state index in [0.717, 1.165) is 42.9 Å². The van der Waals surface area contributed by atoms with Crippen molar-refractivity contribution in [3.63, 3.8) is 0 Å². The van der Waals surface area contributed by atoms with Crippen LogP contribution in [0, 0.1) is 0 Å². The molecule has 1 heterocycles. The second kappa shape index (κ2) is 13.9. The van der Waals surface area contributed by atoms with E-state index in [1.54, 1.807) is 24.3 Å². The maximum absolute atomic E-state index is 13.2. The van der Waals surface area contributed by atoms with Gasteiger partial charge in [0.2, 0.25) is 0 Å². The van der Waals surface area contributed by atoms with E-state index in [1.165, 1.54) is 12.1 Å². The molecule has 2 unspecified atom stereocenters. The van der Waals surface area contributed by atoms with Crippen LogP contribution >= 0.6 is 0 Å². The maximum atomic E-state index is 13.2. The Labute approximate surface area is 249 Å². The Balaban J connectivity index is 1.20. The van der Waals surface area contributed by atoms with Crippen molar-refractivity contribution in [2.75, 3.05) is 37.1 Å². The first-order chi connectivity index (χ1) is 20.8. The van der Waals surface area contributed by atoms with Gasteiger partial charge in [-0.3, -0.25) is 9.69 Å². The van der Waals surface area contributed by atoms with Gasteiger partial charge in [0, 0.05) is 42.7 Å². The molecule has 9 heteroatoms. The van der Waals surface area contributed by atoms with Gasteiger partial charge < -0.3 is 20.1 Å². The standard InChI is InChI=1S/C34H34F3N3O3/c1-2-42-23-43-33(25-8-4-3-5-9-25)40-21-20-29(22-40)38-27-16-18-28(19-17-27)39-32(41)31-11-7-6-10-30(31)24-12-14-26(15-13-24)34(35,36)37/h3-19,29,33,38H,2,20-23H2,1H3,(H,39,41). The molecule has 0 bridgehead atoms. The fraction of sp³-hybridized carbons (Fsp3) is 0.265. The second-order valence-corrected chi connectivity index (χ2v) is 10.3. The SMILES string of the molecule is CCOCOC(c1ccccc1)N1CCC(Nc2ccc(NC(=O)c3ccccc3-c3ccc(C(F)(F)F)cc3)cc2)C1. The number of benzene rings is 4. The Morgan fingerprint density at radius 3 is 2.28 bits per heavy atom. The van der Waals surface area contributed by atoms with E-state index in [2.05, 4.69) is 27.7 Å². The van der Waals surface area contributed by atoms with Crippen molar-refractivity contribution >= 4 is 17.3 Å². The third-order valence-electron chi connectivity index (χ3n) is 7.36. The third-order valence-corrected chi connectivity index (χ3v) is 7.36. The zero-order valence-electron chi connectivity index (χ0n) is 23.8. The van der Waals surface area contributed by atoms with E-state index in [1.807, 2.05) is 49.4 Å². The predicted molar refractivity (Wildman–Crippen MR) is 162 cm³/mol. The molecule has 1 aliphatic heterocycles. The van der Waals surface area contributed by atoms with Crippen LogP contribution < -0.4 is 10.6 Å². The molecule has 1 amide bonds. The van der Waals surface area contributed by atoms with E-state index in [-0.39, 0.29) is 25.0 Å². The number of rotatable bonds is 11. The van der Waals surface area contributed by atoms with Crippen molar-refractivity contribution in [2.45, 2.75) is 31.8 Å². The molecule has 2 atom stereocenters. The summed E-state index contributed by atoms with van der Waals surface area (Å²) in [5.74, 6) is -0.346. The lowest BCUT2D eigenvalue weighted by Gasteiger charge is -2.28. The minimum Gasteiger partial charge on any atom is -0.381 e. The molecule has 0 radical (unpaired) electrons. The highest BCUT2D eigenvalue weighted by Gasteiger charge is 2.31. The minimum absolute atomic E-state index is 0.192. The molecule has 6 nitrogen and oxygen atoms in total. The molecule has 4 aromatic carbocycles. The lowest BCUT2D eigenvalue weighted by atomic mass is 9.98. The second-order valence-electron chi connectivity index (χ2n) is 10.3. The van der Waals surface area contributed by atoms with Gasteiger partial charge in [-0.15, -0.1) is 0 Å². The number of likely N-dealkylation sites (tertiary alicyclic amines) is 1. The van der Waals surface area contributed by atoms with Crippen LogP contribution in [0.5, 0.6) is 0 Å². The van der Waals surface area contributed by atoms with Crippen LogP contribution in [-0.4, -0.2) is 43.3 Å². The Hall–Kier alpha value is -4.18. The van der Waals surface area contributed by atoms with Gasteiger partial charge in [-0.1, -0.05) is 60.7 Å². The largest absolute Gasteiger partial charge is 0.416 e. The highest BCUT2D eigenvalue weighted by atomic mass is 19.4. The molecule has 2 N–H and O–H groups in total. The first-order valence-corrected chi connectivity index (χ1v) is 14.2. The van der Waals surface area contributed by atoms with Crippen LogP contribution in [0.2, 0.25) is 0 Å². The van der Waals surface area contributed by atoms with Crippen molar-refractivity contribution in [3.05, 3.63) is 120 Å². The first kappa shape index (κ1) is 30.3. The van der Waals surface area contributed by atoms with Gasteiger partial charge in [-0.2, -0.15) is 13.2 Å². The van der Waals surface area contributed by atoms with Crippen LogP contribution in [0.3, 0.4) is 0 Å². The van der Waals surface area contributed by atoms with Crippen molar-refractivity contribution < 1.29 is 27.4 Å². The van der Waals surface area contributed by atoms with E-state index in [9.17, 15) is 18.0 Å². The molecule has 0 aromatic heterocycles. The molecule has 1 saturated heterocycles. The molecule has 224 valence electrons. The summed E-state index contributed by atoms with van der Waals surface area (Å²) < 4.78 is 50.5. The van der Waals surface area contributed by atoms with Crippen molar-refractivity contribution in [1.29, 1.82) is 0 Å². The fourth-order valence-electron chi connectivity index (χ4n) is 5.20. The third kappa shape index (κ3) is 7.81. The number of amides is 1. The van der Waals surface area contributed by atoms with Crippen LogP contribution in [0.4, 0.5) is 24.5 Å². The number of anilines is 2. The topological polar surface area (TPSA) is 62.8 Å². The average molecular weight is 590 g/mol. The van der Waals surface area contributed by atoms with Crippen molar-refractivity contribution in [2.24, 2.45) is 0 Å². The summed E-state index contributed by atoms with van der Waals surface area (Å²) in [6, 6.07) is 29.5. The molecule has 1 aliphatic rings. The minimum atomic E-state index is -4.42. The molecule has 4 aromatic rings. The molecule has 43 heavy (non-hydrogen) atoms. The molecule has 1 fully saturated rings. The van der Waals surface area contributed by atoms with Crippen LogP contribution in [-0.2, 0) is 15.7 Å². The summed E-state index contributed by atoms with van der Waals surface area (Å²) in [6.07, 6.45) is -3.67. The quantitative estimate of drug-likeness (QED) is 0.138. The van der Waals surface area contributed by atoms with Gasteiger partial charge >= 0.3 is 6.18 Å². The smallest absolute Gasteiger partial charge is 0.381 e. The summed E-state index contributed by atoms with van der Waals surface area (Å²) in [6.45, 7) is 4.43. The highest BCUT2D eigenvalue weighted by Crippen LogP contribution is 2.32. The van der Waals surface area contributed by atoms with Gasteiger partial charge in [0.15, 0.2) is 0 Å². The molecular formula is C34H34F3N3O3. The van der Waals surface area contributed by atoms with Crippen LogP contribution in [0.15, 0.2) is 103 Å². The lowest BCUT2D eigenvalue weighted by Crippen LogP contribution is -2.32. The number of nitrogens with one attached hydrogen (secondary N) is 2. The number of alkyl halides is 3. The highest BCUT2D eigenvalue weighted by molar-refractivity contribution is 6.08. The number of halogens is 3. The van der Waals surface area contributed by atoms with Gasteiger partial charge in [0.25, 0.3) is 5.91 Å². The number of nitrogens with zero attached hydrogens (tertiary/aromatic N) is 1. The Morgan fingerprint density at radius 1 is 0.907 bits per heavy atom. The summed E-state index contributed by atoms with van der Waals surface area (Å²) in [4.78, 5) is 15.5. The molecule has 0 saturated carbocycles. The maximum Gasteiger partial charge on any atom is 0.416 e. The zero-order chi connectivity index (χ0) is 30.2. The van der Waals surface area contributed by atoms with Crippen LogP contribution in [0.25, 0.3) is 11.1 Å². The van der Waals surface area contributed by atoms with E-state index < -0.39 is 11.7 Å². The van der Waals surface area contributed by atoms with E-state index in [4.69, 9.17) is 9.47 Å². The molecule has 0 spiro atoms. The van der Waals surface area contributed by atoms with Gasteiger partial charge in [0.05, 0.1) is 5.56 Å². The lowest BCUT2D eigenvalue weighted by molar-refractivity contribution is -0.138. The number of carbonyl (C=O) groups excluding carboxylic acids is 1. The Bertz CT molecular complexity index is 1480. The van der Waals surface area contributed by atoms with Gasteiger partial charge in [0.1, 0.15) is 13.0 Å².